The molecule has 0 aromatic heterocycles. The van der Waals surface area contributed by atoms with E-state index < -0.39 is 5.97 Å². The highest BCUT2D eigenvalue weighted by Gasteiger charge is 2.20. The maximum absolute atomic E-state index is 12.2. The SMILES string of the molecule is COC(=O)CC(=O)c1cc(C(C)C)c(OC)c(C(C)C)c1. The highest BCUT2D eigenvalue weighted by Crippen LogP contribution is 2.35. The zero-order valence-electron chi connectivity index (χ0n) is 13.6. The van der Waals surface area contributed by atoms with Gasteiger partial charge in [0.1, 0.15) is 12.2 Å². The van der Waals surface area contributed by atoms with Gasteiger partial charge in [-0.25, -0.2) is 0 Å². The second-order valence-electron chi connectivity index (χ2n) is 5.67. The Bertz CT molecular complexity index is 501. The van der Waals surface area contributed by atoms with Crippen LogP contribution in [0.5, 0.6) is 5.75 Å². The first-order valence-electron chi connectivity index (χ1n) is 7.13. The summed E-state index contributed by atoms with van der Waals surface area (Å²) in [7, 11) is 2.92. The number of hydrogen-bond acceptors (Lipinski definition) is 4. The molecule has 4 heteroatoms. The molecule has 0 unspecified atom stereocenters. The summed E-state index contributed by atoms with van der Waals surface area (Å²) in [6.07, 6.45) is -0.238. The summed E-state index contributed by atoms with van der Waals surface area (Å²) in [6.45, 7) is 8.21. The number of methoxy groups -OCH3 is 2. The quantitative estimate of drug-likeness (QED) is 0.456. The van der Waals surface area contributed by atoms with Crippen LogP contribution in [0, 0.1) is 0 Å². The van der Waals surface area contributed by atoms with E-state index in [-0.39, 0.29) is 24.0 Å². The third-order valence-corrected chi connectivity index (χ3v) is 3.45. The van der Waals surface area contributed by atoms with Gasteiger partial charge in [-0.15, -0.1) is 0 Å². The van der Waals surface area contributed by atoms with E-state index in [9.17, 15) is 9.59 Å². The van der Waals surface area contributed by atoms with E-state index in [4.69, 9.17) is 4.74 Å². The first-order chi connectivity index (χ1) is 9.81. The largest absolute Gasteiger partial charge is 0.496 e. The van der Waals surface area contributed by atoms with Gasteiger partial charge in [-0.3, -0.25) is 9.59 Å². The van der Waals surface area contributed by atoms with Crippen molar-refractivity contribution in [3.63, 3.8) is 0 Å². The number of benzene rings is 1. The molecule has 4 nitrogen and oxygen atoms in total. The topological polar surface area (TPSA) is 52.6 Å². The molecule has 0 spiro atoms. The predicted molar refractivity (Wildman–Crippen MR) is 82.1 cm³/mol. The van der Waals surface area contributed by atoms with Crippen LogP contribution >= 0.6 is 0 Å². The van der Waals surface area contributed by atoms with Crippen LogP contribution in [0.2, 0.25) is 0 Å². The molecule has 0 saturated carbocycles. The number of ether oxygens (including phenoxy) is 2. The summed E-state index contributed by atoms with van der Waals surface area (Å²) in [5.41, 5.74) is 2.50. The fourth-order valence-electron chi connectivity index (χ4n) is 2.23. The maximum Gasteiger partial charge on any atom is 0.313 e. The number of carbonyl (C=O) groups is 2. The lowest BCUT2D eigenvalue weighted by Crippen LogP contribution is -2.11. The summed E-state index contributed by atoms with van der Waals surface area (Å²) in [6, 6.07) is 3.64. The van der Waals surface area contributed by atoms with Crippen molar-refractivity contribution >= 4 is 11.8 Å². The lowest BCUT2D eigenvalue weighted by Gasteiger charge is -2.19. The average molecular weight is 292 g/mol. The van der Waals surface area contributed by atoms with Gasteiger partial charge in [-0.05, 0) is 35.1 Å². The lowest BCUT2D eigenvalue weighted by atomic mass is 9.90. The molecule has 0 bridgehead atoms. The second kappa shape index (κ2) is 7.25. The molecule has 1 aromatic rings. The first kappa shape index (κ1) is 17.2. The Labute approximate surface area is 126 Å². The molecule has 1 rings (SSSR count). The molecular formula is C17H24O4. The number of rotatable bonds is 6. The van der Waals surface area contributed by atoms with Crippen LogP contribution in [0.4, 0.5) is 0 Å². The van der Waals surface area contributed by atoms with Crippen molar-refractivity contribution in [2.75, 3.05) is 14.2 Å². The van der Waals surface area contributed by atoms with Crippen molar-refractivity contribution in [3.05, 3.63) is 28.8 Å². The van der Waals surface area contributed by atoms with Crippen molar-refractivity contribution in [2.45, 2.75) is 46.0 Å². The van der Waals surface area contributed by atoms with E-state index in [1.54, 1.807) is 7.11 Å². The molecule has 0 aliphatic carbocycles. The zero-order valence-corrected chi connectivity index (χ0v) is 13.6. The number of Topliss-reactive ketones (excluding diaryl/α,β-unsaturated/α-hetero) is 1. The molecular weight excluding hydrogens is 268 g/mol. The minimum Gasteiger partial charge on any atom is -0.496 e. The van der Waals surface area contributed by atoms with Crippen LogP contribution in [-0.4, -0.2) is 26.0 Å². The number of hydrogen-bond donors (Lipinski definition) is 0. The minimum atomic E-state index is -0.520. The van der Waals surface area contributed by atoms with Crippen LogP contribution < -0.4 is 4.74 Å². The highest BCUT2D eigenvalue weighted by molar-refractivity contribution is 6.06. The molecule has 0 fully saturated rings. The Balaban J connectivity index is 3.34. The van der Waals surface area contributed by atoms with Gasteiger partial charge in [0.2, 0.25) is 0 Å². The first-order valence-corrected chi connectivity index (χ1v) is 7.13. The predicted octanol–water partition coefficient (Wildman–Crippen LogP) is 3.69. The van der Waals surface area contributed by atoms with Gasteiger partial charge in [0, 0.05) is 5.56 Å². The van der Waals surface area contributed by atoms with Gasteiger partial charge in [0.25, 0.3) is 0 Å². The fourth-order valence-corrected chi connectivity index (χ4v) is 2.23. The summed E-state index contributed by atoms with van der Waals surface area (Å²) >= 11 is 0. The van der Waals surface area contributed by atoms with Gasteiger partial charge in [-0.2, -0.15) is 0 Å². The van der Waals surface area contributed by atoms with Crippen molar-refractivity contribution in [1.29, 1.82) is 0 Å². The van der Waals surface area contributed by atoms with Crippen LogP contribution in [0.15, 0.2) is 12.1 Å². The van der Waals surface area contributed by atoms with E-state index >= 15 is 0 Å². The standard InChI is InChI=1S/C17H24O4/c1-10(2)13-7-12(15(18)9-16(19)20-5)8-14(11(3)4)17(13)21-6/h7-8,10-11H,9H2,1-6H3. The van der Waals surface area contributed by atoms with Crippen LogP contribution in [0.25, 0.3) is 0 Å². The fraction of sp³-hybridized carbons (Fsp3) is 0.529. The van der Waals surface area contributed by atoms with Crippen LogP contribution in [-0.2, 0) is 9.53 Å². The molecule has 0 N–H and O–H groups in total. The van der Waals surface area contributed by atoms with E-state index in [0.29, 0.717) is 5.56 Å². The van der Waals surface area contributed by atoms with Crippen molar-refractivity contribution in [3.8, 4) is 5.75 Å². The molecule has 0 aliphatic heterocycles. The van der Waals surface area contributed by atoms with E-state index in [1.165, 1.54) is 7.11 Å². The zero-order chi connectivity index (χ0) is 16.2. The summed E-state index contributed by atoms with van der Waals surface area (Å²) in [4.78, 5) is 23.5. The van der Waals surface area contributed by atoms with Gasteiger partial charge >= 0.3 is 5.97 Å². The molecule has 0 atom stereocenters. The number of carbonyl (C=O) groups excluding carboxylic acids is 2. The molecule has 0 heterocycles. The Hall–Kier alpha value is -1.84. The molecule has 1 aromatic carbocycles. The molecule has 21 heavy (non-hydrogen) atoms. The van der Waals surface area contributed by atoms with Crippen LogP contribution in [0.3, 0.4) is 0 Å². The Morgan fingerprint density at radius 1 is 1.00 bits per heavy atom. The van der Waals surface area contributed by atoms with E-state index in [0.717, 1.165) is 16.9 Å². The van der Waals surface area contributed by atoms with Crippen molar-refractivity contribution < 1.29 is 19.1 Å². The molecule has 116 valence electrons. The summed E-state index contributed by atoms with van der Waals surface area (Å²) in [5, 5.41) is 0. The molecule has 0 aliphatic rings. The van der Waals surface area contributed by atoms with E-state index in [1.807, 2.05) is 12.1 Å². The van der Waals surface area contributed by atoms with Crippen LogP contribution in [0.1, 0.15) is 67.4 Å². The Morgan fingerprint density at radius 2 is 1.48 bits per heavy atom. The minimum absolute atomic E-state index is 0.225. The van der Waals surface area contributed by atoms with Crippen molar-refractivity contribution in [1.82, 2.24) is 0 Å². The third kappa shape index (κ3) is 4.06. The monoisotopic (exact) mass is 292 g/mol. The number of esters is 1. The normalized spacial score (nSPS) is 10.9. The van der Waals surface area contributed by atoms with Crippen molar-refractivity contribution in [2.24, 2.45) is 0 Å². The average Bonchev–Trinajstić information content (AvgIpc) is 2.44. The lowest BCUT2D eigenvalue weighted by molar-refractivity contribution is -0.139. The Morgan fingerprint density at radius 3 is 1.81 bits per heavy atom. The third-order valence-electron chi connectivity index (χ3n) is 3.45. The maximum atomic E-state index is 12.2. The van der Waals surface area contributed by atoms with E-state index in [2.05, 4.69) is 32.4 Å². The smallest absolute Gasteiger partial charge is 0.313 e. The highest BCUT2D eigenvalue weighted by atomic mass is 16.5. The van der Waals surface area contributed by atoms with Gasteiger partial charge in [0.15, 0.2) is 5.78 Å². The summed E-state index contributed by atoms with van der Waals surface area (Å²) < 4.78 is 10.1. The van der Waals surface area contributed by atoms with Gasteiger partial charge in [0.05, 0.1) is 14.2 Å². The molecule has 0 amide bonds. The molecule has 0 saturated heterocycles. The summed E-state index contributed by atoms with van der Waals surface area (Å²) in [5.74, 6) is 0.530. The molecule has 0 radical (unpaired) electrons. The Kier molecular flexibility index (Phi) is 5.94. The van der Waals surface area contributed by atoms with Gasteiger partial charge < -0.3 is 9.47 Å². The second-order valence-corrected chi connectivity index (χ2v) is 5.67. The van der Waals surface area contributed by atoms with Gasteiger partial charge in [-0.1, -0.05) is 27.7 Å². The number of ketones is 1.